The Morgan fingerprint density at radius 3 is 2.60 bits per heavy atom. The van der Waals surface area contributed by atoms with Crippen LogP contribution >= 0.6 is 11.3 Å². The van der Waals surface area contributed by atoms with Crippen LogP contribution in [0.5, 0.6) is 0 Å². The summed E-state index contributed by atoms with van der Waals surface area (Å²) in [5.74, 6) is 0. The molecule has 0 spiro atoms. The first kappa shape index (κ1) is 10.2. The molecule has 2 aromatic rings. The van der Waals surface area contributed by atoms with Crippen molar-refractivity contribution in [3.63, 3.8) is 0 Å². The Bertz CT molecular complexity index is 415. The molecular weight excluding hydrogens is 204 g/mol. The molecule has 1 aromatic heterocycles. The number of rotatable bonds is 3. The van der Waals surface area contributed by atoms with Crippen LogP contribution in [0.1, 0.15) is 16.0 Å². The van der Waals surface area contributed by atoms with Gasteiger partial charge in [0.1, 0.15) is 0 Å². The minimum Gasteiger partial charge on any atom is -0.380 e. The van der Waals surface area contributed by atoms with Gasteiger partial charge in [-0.05, 0) is 25.0 Å². The highest BCUT2D eigenvalue weighted by atomic mass is 32.1. The lowest BCUT2D eigenvalue weighted by molar-refractivity contribution is 1.15. The van der Waals surface area contributed by atoms with Crippen LogP contribution in [0.2, 0.25) is 0 Å². The normalized spacial score (nSPS) is 10.3. The highest BCUT2D eigenvalue weighted by Crippen LogP contribution is 2.20. The van der Waals surface area contributed by atoms with Crippen LogP contribution in [0.4, 0.5) is 5.69 Å². The van der Waals surface area contributed by atoms with E-state index >= 15 is 0 Å². The number of hydrogen-bond acceptors (Lipinski definition) is 3. The third kappa shape index (κ3) is 2.36. The predicted molar refractivity (Wildman–Crippen MR) is 65.4 cm³/mol. The Morgan fingerprint density at radius 2 is 2.00 bits per heavy atom. The summed E-state index contributed by atoms with van der Waals surface area (Å²) in [5, 5.41) is 3.45. The van der Waals surface area contributed by atoms with Crippen LogP contribution in [0.15, 0.2) is 29.9 Å². The number of anilines is 1. The van der Waals surface area contributed by atoms with E-state index in [0.29, 0.717) is 0 Å². The zero-order chi connectivity index (χ0) is 10.7. The Morgan fingerprint density at radius 1 is 1.27 bits per heavy atom. The molecule has 0 radical (unpaired) electrons. The molecule has 0 aliphatic heterocycles. The first-order valence-electron chi connectivity index (χ1n) is 4.95. The molecule has 15 heavy (non-hydrogen) atoms. The maximum atomic E-state index is 4.06. The van der Waals surface area contributed by atoms with E-state index in [-0.39, 0.29) is 0 Å². The number of thiazole rings is 1. The van der Waals surface area contributed by atoms with Crippen LogP contribution in [0.3, 0.4) is 0 Å². The van der Waals surface area contributed by atoms with Crippen molar-refractivity contribution >= 4 is 17.0 Å². The van der Waals surface area contributed by atoms with Gasteiger partial charge in [-0.1, -0.05) is 18.2 Å². The van der Waals surface area contributed by atoms with Crippen molar-refractivity contribution in [2.75, 3.05) is 5.32 Å². The van der Waals surface area contributed by atoms with Crippen molar-refractivity contribution in [1.29, 1.82) is 0 Å². The van der Waals surface area contributed by atoms with Crippen LogP contribution in [-0.2, 0) is 6.54 Å². The topological polar surface area (TPSA) is 24.9 Å². The second-order valence-corrected chi connectivity index (χ2v) is 4.56. The quantitative estimate of drug-likeness (QED) is 0.854. The first-order chi connectivity index (χ1) is 7.27. The molecule has 0 atom stereocenters. The Kier molecular flexibility index (Phi) is 3.02. The smallest absolute Gasteiger partial charge is 0.0794 e. The van der Waals surface area contributed by atoms with Crippen LogP contribution < -0.4 is 5.32 Å². The number of benzene rings is 1. The summed E-state index contributed by atoms with van der Waals surface area (Å²) in [7, 11) is 0. The van der Waals surface area contributed by atoms with E-state index in [1.807, 2.05) is 11.7 Å². The molecule has 1 N–H and O–H groups in total. The SMILES string of the molecule is Cc1cccc(C)c1NCc1cncs1. The van der Waals surface area contributed by atoms with Gasteiger partial charge in [0, 0.05) is 16.8 Å². The van der Waals surface area contributed by atoms with E-state index in [1.165, 1.54) is 21.7 Å². The van der Waals surface area contributed by atoms with Gasteiger partial charge < -0.3 is 5.32 Å². The lowest BCUT2D eigenvalue weighted by atomic mass is 10.1. The number of hydrogen-bond donors (Lipinski definition) is 1. The van der Waals surface area contributed by atoms with E-state index in [2.05, 4.69) is 42.3 Å². The van der Waals surface area contributed by atoms with Crippen molar-refractivity contribution in [3.8, 4) is 0 Å². The molecule has 78 valence electrons. The maximum absolute atomic E-state index is 4.06. The monoisotopic (exact) mass is 218 g/mol. The molecule has 1 heterocycles. The predicted octanol–water partition coefficient (Wildman–Crippen LogP) is 3.37. The maximum Gasteiger partial charge on any atom is 0.0794 e. The van der Waals surface area contributed by atoms with Crippen molar-refractivity contribution in [2.24, 2.45) is 0 Å². The molecule has 0 bridgehead atoms. The fourth-order valence-electron chi connectivity index (χ4n) is 1.60. The van der Waals surface area contributed by atoms with Gasteiger partial charge >= 0.3 is 0 Å². The summed E-state index contributed by atoms with van der Waals surface area (Å²) in [4.78, 5) is 5.32. The molecule has 2 nitrogen and oxygen atoms in total. The lowest BCUT2D eigenvalue weighted by Crippen LogP contribution is -2.01. The van der Waals surface area contributed by atoms with Crippen LogP contribution in [0.25, 0.3) is 0 Å². The molecule has 0 aliphatic rings. The Balaban J connectivity index is 2.11. The standard InChI is InChI=1S/C12H14N2S/c1-9-4-3-5-10(2)12(9)14-7-11-6-13-8-15-11/h3-6,8,14H,7H2,1-2H3. The van der Waals surface area contributed by atoms with Gasteiger partial charge in [-0.2, -0.15) is 0 Å². The molecule has 0 aliphatic carbocycles. The van der Waals surface area contributed by atoms with Gasteiger partial charge in [0.15, 0.2) is 0 Å². The number of aryl methyl sites for hydroxylation is 2. The summed E-state index contributed by atoms with van der Waals surface area (Å²) >= 11 is 1.68. The van der Waals surface area contributed by atoms with Gasteiger partial charge in [0.25, 0.3) is 0 Å². The first-order valence-corrected chi connectivity index (χ1v) is 5.83. The highest BCUT2D eigenvalue weighted by molar-refractivity contribution is 7.09. The van der Waals surface area contributed by atoms with E-state index in [0.717, 1.165) is 6.54 Å². The zero-order valence-electron chi connectivity index (χ0n) is 8.95. The Labute approximate surface area is 94.0 Å². The van der Waals surface area contributed by atoms with E-state index < -0.39 is 0 Å². The summed E-state index contributed by atoms with van der Waals surface area (Å²) in [5.41, 5.74) is 5.69. The van der Waals surface area contributed by atoms with Gasteiger partial charge in [-0.15, -0.1) is 11.3 Å². The van der Waals surface area contributed by atoms with Gasteiger partial charge in [0.05, 0.1) is 12.1 Å². The van der Waals surface area contributed by atoms with E-state index in [9.17, 15) is 0 Å². The van der Waals surface area contributed by atoms with Gasteiger partial charge in [-0.25, -0.2) is 0 Å². The van der Waals surface area contributed by atoms with Gasteiger partial charge in [-0.3, -0.25) is 4.98 Å². The molecule has 0 unspecified atom stereocenters. The van der Waals surface area contributed by atoms with Crippen molar-refractivity contribution in [1.82, 2.24) is 4.98 Å². The third-order valence-corrected chi connectivity index (χ3v) is 3.18. The number of nitrogens with one attached hydrogen (secondary N) is 1. The number of nitrogens with zero attached hydrogens (tertiary/aromatic N) is 1. The molecule has 0 saturated heterocycles. The van der Waals surface area contributed by atoms with Crippen LogP contribution in [-0.4, -0.2) is 4.98 Å². The molecule has 0 amide bonds. The van der Waals surface area contributed by atoms with Crippen molar-refractivity contribution < 1.29 is 0 Å². The molecule has 0 fully saturated rings. The lowest BCUT2D eigenvalue weighted by Gasteiger charge is -2.11. The van der Waals surface area contributed by atoms with Crippen molar-refractivity contribution in [2.45, 2.75) is 20.4 Å². The molecule has 0 saturated carbocycles. The van der Waals surface area contributed by atoms with Gasteiger partial charge in [0.2, 0.25) is 0 Å². The average molecular weight is 218 g/mol. The molecular formula is C12H14N2S. The van der Waals surface area contributed by atoms with Crippen LogP contribution in [0, 0.1) is 13.8 Å². The summed E-state index contributed by atoms with van der Waals surface area (Å²) in [6, 6.07) is 6.34. The third-order valence-electron chi connectivity index (χ3n) is 2.40. The van der Waals surface area contributed by atoms with E-state index in [4.69, 9.17) is 0 Å². The number of para-hydroxylation sites is 1. The minimum absolute atomic E-state index is 0.858. The largest absolute Gasteiger partial charge is 0.380 e. The summed E-state index contributed by atoms with van der Waals surface area (Å²) in [6.45, 7) is 5.11. The molecule has 1 aromatic carbocycles. The molecule has 2 rings (SSSR count). The minimum atomic E-state index is 0.858. The average Bonchev–Trinajstić information content (AvgIpc) is 2.70. The second-order valence-electron chi connectivity index (χ2n) is 3.59. The summed E-state index contributed by atoms with van der Waals surface area (Å²) in [6.07, 6.45) is 1.91. The second kappa shape index (κ2) is 4.45. The fraction of sp³-hybridized carbons (Fsp3) is 0.250. The van der Waals surface area contributed by atoms with E-state index in [1.54, 1.807) is 11.3 Å². The zero-order valence-corrected chi connectivity index (χ0v) is 9.77. The highest BCUT2D eigenvalue weighted by Gasteiger charge is 2.01. The Hall–Kier alpha value is -1.35. The fourth-order valence-corrected chi connectivity index (χ4v) is 2.13. The summed E-state index contributed by atoms with van der Waals surface area (Å²) < 4.78 is 0. The van der Waals surface area contributed by atoms with Crippen molar-refractivity contribution in [3.05, 3.63) is 45.9 Å². The molecule has 3 heteroatoms. The number of aromatic nitrogens is 1.